The lowest BCUT2D eigenvalue weighted by atomic mass is 9.93. The van der Waals surface area contributed by atoms with Crippen LogP contribution in [0, 0.1) is 5.92 Å². The zero-order valence-electron chi connectivity index (χ0n) is 18.0. The van der Waals surface area contributed by atoms with Gasteiger partial charge in [0, 0.05) is 44.0 Å². The number of hydrogen-bond acceptors (Lipinski definition) is 4. The molecule has 6 nitrogen and oxygen atoms in total. The van der Waals surface area contributed by atoms with Crippen LogP contribution in [0.4, 0.5) is 11.4 Å². The largest absolute Gasteiger partial charge is 0.377 e. The maximum atomic E-state index is 13.1. The summed E-state index contributed by atoms with van der Waals surface area (Å²) in [6.07, 6.45) is 8.31. The first kappa shape index (κ1) is 21.9. The van der Waals surface area contributed by atoms with Crippen LogP contribution in [0.1, 0.15) is 63.9 Å². The fraction of sp³-hybridized carbons (Fsp3) is 0.682. The summed E-state index contributed by atoms with van der Waals surface area (Å²) in [5, 5.41) is 0. The summed E-state index contributed by atoms with van der Waals surface area (Å²) < 4.78 is 27.1. The van der Waals surface area contributed by atoms with Crippen molar-refractivity contribution in [2.24, 2.45) is 5.92 Å². The molecule has 0 spiro atoms. The van der Waals surface area contributed by atoms with E-state index < -0.39 is 10.0 Å². The van der Waals surface area contributed by atoms with E-state index >= 15 is 0 Å². The molecule has 1 N–H and O–H groups in total. The monoisotopic (exact) mass is 421 g/mol. The van der Waals surface area contributed by atoms with Gasteiger partial charge in [0.2, 0.25) is 15.9 Å². The second kappa shape index (κ2) is 9.37. The smallest absolute Gasteiger partial charge is 0.232 e. The van der Waals surface area contributed by atoms with Gasteiger partial charge in [-0.05, 0) is 55.9 Å². The van der Waals surface area contributed by atoms with Gasteiger partial charge in [0.15, 0.2) is 0 Å². The van der Waals surface area contributed by atoms with E-state index in [1.165, 1.54) is 19.3 Å². The maximum Gasteiger partial charge on any atom is 0.232 e. The molecule has 2 aliphatic rings. The molecule has 2 saturated carbocycles. The van der Waals surface area contributed by atoms with Gasteiger partial charge in [-0.2, -0.15) is 0 Å². The average Bonchev–Trinajstić information content (AvgIpc) is 3.51. The van der Waals surface area contributed by atoms with Gasteiger partial charge in [-0.25, -0.2) is 8.42 Å². The van der Waals surface area contributed by atoms with Crippen LogP contribution in [-0.4, -0.2) is 45.1 Å². The SMILES string of the molecule is CCCS(=O)(=O)Nc1ccc(N(C)C)c(CN(C(=O)C2CC2)C2CCCCC2)c1. The third kappa shape index (κ3) is 5.87. The lowest BCUT2D eigenvalue weighted by molar-refractivity contribution is -0.136. The quantitative estimate of drug-likeness (QED) is 0.655. The molecule has 0 aliphatic heterocycles. The third-order valence-electron chi connectivity index (χ3n) is 5.87. The molecule has 0 bridgehead atoms. The molecular formula is C22H35N3O3S. The van der Waals surface area contributed by atoms with Crippen molar-refractivity contribution in [2.45, 2.75) is 70.9 Å². The van der Waals surface area contributed by atoms with E-state index in [4.69, 9.17) is 0 Å². The Labute approximate surface area is 175 Å². The molecule has 1 aromatic rings. The van der Waals surface area contributed by atoms with E-state index in [0.29, 0.717) is 24.7 Å². The van der Waals surface area contributed by atoms with Crippen LogP contribution in [-0.2, 0) is 21.4 Å². The van der Waals surface area contributed by atoms with E-state index in [2.05, 4.69) is 9.62 Å². The lowest BCUT2D eigenvalue weighted by Gasteiger charge is -2.35. The molecule has 1 aromatic carbocycles. The van der Waals surface area contributed by atoms with E-state index in [9.17, 15) is 13.2 Å². The zero-order chi connectivity index (χ0) is 21.0. The highest BCUT2D eigenvalue weighted by atomic mass is 32.2. The second-order valence-corrected chi connectivity index (χ2v) is 10.5. The van der Waals surface area contributed by atoms with Gasteiger partial charge in [-0.3, -0.25) is 9.52 Å². The van der Waals surface area contributed by atoms with E-state index in [-0.39, 0.29) is 17.6 Å². The number of benzene rings is 1. The highest BCUT2D eigenvalue weighted by molar-refractivity contribution is 7.92. The number of anilines is 2. The van der Waals surface area contributed by atoms with Gasteiger partial charge in [-0.1, -0.05) is 26.2 Å². The van der Waals surface area contributed by atoms with Crippen molar-refractivity contribution < 1.29 is 13.2 Å². The molecule has 2 fully saturated rings. The molecule has 7 heteroatoms. The summed E-state index contributed by atoms with van der Waals surface area (Å²) in [7, 11) is 0.612. The number of rotatable bonds is 9. The van der Waals surface area contributed by atoms with Crippen molar-refractivity contribution in [1.29, 1.82) is 0 Å². The number of hydrogen-bond donors (Lipinski definition) is 1. The van der Waals surface area contributed by atoms with Crippen molar-refractivity contribution in [2.75, 3.05) is 29.5 Å². The van der Waals surface area contributed by atoms with Crippen molar-refractivity contribution in [1.82, 2.24) is 4.90 Å². The van der Waals surface area contributed by atoms with Crippen LogP contribution in [0.2, 0.25) is 0 Å². The maximum absolute atomic E-state index is 13.1. The van der Waals surface area contributed by atoms with Crippen LogP contribution >= 0.6 is 0 Å². The minimum Gasteiger partial charge on any atom is -0.377 e. The Hall–Kier alpha value is -1.76. The molecular weight excluding hydrogens is 386 g/mol. The van der Waals surface area contributed by atoms with Crippen molar-refractivity contribution in [3.05, 3.63) is 23.8 Å². The predicted molar refractivity (Wildman–Crippen MR) is 119 cm³/mol. The minimum absolute atomic E-state index is 0.103. The van der Waals surface area contributed by atoms with Crippen molar-refractivity contribution >= 4 is 27.3 Å². The number of nitrogens with zero attached hydrogens (tertiary/aromatic N) is 2. The van der Waals surface area contributed by atoms with Crippen LogP contribution in [0.15, 0.2) is 18.2 Å². The molecule has 0 aromatic heterocycles. The summed E-state index contributed by atoms with van der Waals surface area (Å²) >= 11 is 0. The molecule has 0 unspecified atom stereocenters. The topological polar surface area (TPSA) is 69.7 Å². The summed E-state index contributed by atoms with van der Waals surface area (Å²) in [4.78, 5) is 17.2. The number of amides is 1. The summed E-state index contributed by atoms with van der Waals surface area (Å²) in [5.41, 5.74) is 2.58. The standard InChI is InChI=1S/C22H35N3O3S/c1-4-14-29(27,28)23-19-12-13-21(24(2)3)18(15-19)16-25(22(26)17-10-11-17)20-8-6-5-7-9-20/h12-13,15,17,20,23H,4-11,14,16H2,1-3H3. The average molecular weight is 422 g/mol. The van der Waals surface area contributed by atoms with Crippen LogP contribution in [0.5, 0.6) is 0 Å². The van der Waals surface area contributed by atoms with Gasteiger partial charge in [0.25, 0.3) is 0 Å². The predicted octanol–water partition coefficient (Wildman–Crippen LogP) is 3.98. The Balaban J connectivity index is 1.88. The molecule has 0 saturated heterocycles. The number of carbonyl (C=O) groups is 1. The van der Waals surface area contributed by atoms with E-state index in [1.807, 2.05) is 38.1 Å². The van der Waals surface area contributed by atoms with Crippen molar-refractivity contribution in [3.8, 4) is 0 Å². The molecule has 0 heterocycles. The molecule has 162 valence electrons. The fourth-order valence-corrected chi connectivity index (χ4v) is 5.36. The summed E-state index contributed by atoms with van der Waals surface area (Å²) in [6.45, 7) is 2.39. The number of nitrogens with one attached hydrogen (secondary N) is 1. The van der Waals surface area contributed by atoms with Gasteiger partial charge in [-0.15, -0.1) is 0 Å². The first-order chi connectivity index (χ1) is 13.8. The van der Waals surface area contributed by atoms with Crippen LogP contribution < -0.4 is 9.62 Å². The molecule has 29 heavy (non-hydrogen) atoms. The van der Waals surface area contributed by atoms with Crippen molar-refractivity contribution in [3.63, 3.8) is 0 Å². The fourth-order valence-electron chi connectivity index (χ4n) is 4.24. The Bertz CT molecular complexity index is 813. The Morgan fingerprint density at radius 3 is 2.38 bits per heavy atom. The minimum atomic E-state index is -3.35. The molecule has 1 amide bonds. The highest BCUT2D eigenvalue weighted by Gasteiger charge is 2.37. The summed E-state index contributed by atoms with van der Waals surface area (Å²) in [5.74, 6) is 0.566. The van der Waals surface area contributed by atoms with Crippen LogP contribution in [0.25, 0.3) is 0 Å². The molecule has 2 aliphatic carbocycles. The highest BCUT2D eigenvalue weighted by Crippen LogP contribution is 2.36. The van der Waals surface area contributed by atoms with Gasteiger partial charge < -0.3 is 9.80 Å². The normalized spacial score (nSPS) is 17.8. The molecule has 0 radical (unpaired) electrons. The first-order valence-electron chi connectivity index (χ1n) is 10.9. The molecule has 3 rings (SSSR count). The van der Waals surface area contributed by atoms with Crippen LogP contribution in [0.3, 0.4) is 0 Å². The third-order valence-corrected chi connectivity index (χ3v) is 7.37. The number of sulfonamides is 1. The Morgan fingerprint density at radius 2 is 1.79 bits per heavy atom. The first-order valence-corrected chi connectivity index (χ1v) is 12.6. The zero-order valence-corrected chi connectivity index (χ0v) is 18.8. The number of carbonyl (C=O) groups excluding carboxylic acids is 1. The Kier molecular flexibility index (Phi) is 7.09. The van der Waals surface area contributed by atoms with Gasteiger partial charge in [0.1, 0.15) is 0 Å². The van der Waals surface area contributed by atoms with Gasteiger partial charge >= 0.3 is 0 Å². The van der Waals surface area contributed by atoms with E-state index in [0.717, 1.165) is 36.9 Å². The van der Waals surface area contributed by atoms with E-state index in [1.54, 1.807) is 6.07 Å². The van der Waals surface area contributed by atoms with Gasteiger partial charge in [0.05, 0.1) is 5.75 Å². The molecule has 0 atom stereocenters. The Morgan fingerprint density at radius 1 is 1.10 bits per heavy atom. The lowest BCUT2D eigenvalue weighted by Crippen LogP contribution is -2.42. The second-order valence-electron chi connectivity index (χ2n) is 8.69. The summed E-state index contributed by atoms with van der Waals surface area (Å²) in [6, 6.07) is 5.95.